The molecule has 0 radical (unpaired) electrons. The van der Waals surface area contributed by atoms with E-state index in [2.05, 4.69) is 30.5 Å². The summed E-state index contributed by atoms with van der Waals surface area (Å²) >= 11 is 0. The molecule has 0 bridgehead atoms. The lowest BCUT2D eigenvalue weighted by Gasteiger charge is -2.40. The van der Waals surface area contributed by atoms with E-state index in [0.717, 1.165) is 38.4 Å². The summed E-state index contributed by atoms with van der Waals surface area (Å²) in [4.78, 5) is 15.6. The predicted molar refractivity (Wildman–Crippen MR) is 82.9 cm³/mol. The van der Waals surface area contributed by atoms with Crippen LogP contribution in [0.3, 0.4) is 0 Å². The highest BCUT2D eigenvalue weighted by atomic mass is 16.5. The van der Waals surface area contributed by atoms with Crippen LogP contribution in [0.4, 0.5) is 17.8 Å². The Kier molecular flexibility index (Phi) is 4.10. The van der Waals surface area contributed by atoms with Crippen LogP contribution in [0.15, 0.2) is 0 Å². The van der Waals surface area contributed by atoms with E-state index in [1.54, 1.807) is 7.11 Å². The van der Waals surface area contributed by atoms with Crippen LogP contribution in [-0.2, 0) is 4.74 Å². The molecule has 2 aliphatic rings. The third-order valence-corrected chi connectivity index (χ3v) is 4.50. The Morgan fingerprint density at radius 3 is 2.38 bits per heavy atom. The van der Waals surface area contributed by atoms with Gasteiger partial charge in [-0.25, -0.2) is 0 Å². The van der Waals surface area contributed by atoms with Crippen molar-refractivity contribution in [2.24, 2.45) is 0 Å². The molecular weight excluding hydrogens is 268 g/mol. The van der Waals surface area contributed by atoms with Crippen LogP contribution in [0.2, 0.25) is 0 Å². The van der Waals surface area contributed by atoms with Gasteiger partial charge in [-0.1, -0.05) is 0 Å². The van der Waals surface area contributed by atoms with Crippen molar-refractivity contribution >= 4 is 17.8 Å². The van der Waals surface area contributed by atoms with Gasteiger partial charge in [-0.2, -0.15) is 15.0 Å². The first-order chi connectivity index (χ1) is 10.2. The summed E-state index contributed by atoms with van der Waals surface area (Å²) in [5.74, 6) is 1.99. The molecule has 1 aromatic rings. The number of aromatic nitrogens is 3. The van der Waals surface area contributed by atoms with E-state index in [0.29, 0.717) is 11.9 Å². The molecule has 2 fully saturated rings. The molecule has 2 N–H and O–H groups in total. The van der Waals surface area contributed by atoms with Crippen molar-refractivity contribution in [2.75, 3.05) is 49.3 Å². The van der Waals surface area contributed by atoms with E-state index in [4.69, 9.17) is 4.74 Å². The molecule has 1 aliphatic heterocycles. The van der Waals surface area contributed by atoms with E-state index in [-0.39, 0.29) is 5.60 Å². The fraction of sp³-hybridized carbons (Fsp3) is 0.786. The maximum atomic E-state index is 5.62. The van der Waals surface area contributed by atoms with E-state index in [9.17, 15) is 0 Å². The third-order valence-electron chi connectivity index (χ3n) is 4.50. The topological polar surface area (TPSA) is 75.2 Å². The molecule has 7 nitrogen and oxygen atoms in total. The van der Waals surface area contributed by atoms with E-state index in [1.807, 2.05) is 7.05 Å². The molecule has 7 heteroatoms. The highest BCUT2D eigenvalue weighted by Crippen LogP contribution is 2.35. The Morgan fingerprint density at radius 1 is 1.10 bits per heavy atom. The van der Waals surface area contributed by atoms with Crippen molar-refractivity contribution in [1.29, 1.82) is 0 Å². The minimum Gasteiger partial charge on any atom is -0.376 e. The lowest BCUT2D eigenvalue weighted by atomic mass is 9.80. The number of hydrogen-bond donors (Lipinski definition) is 2. The van der Waals surface area contributed by atoms with Crippen LogP contribution in [-0.4, -0.2) is 54.3 Å². The van der Waals surface area contributed by atoms with Crippen LogP contribution in [0, 0.1) is 0 Å². The minimum absolute atomic E-state index is 0.0414. The Morgan fingerprint density at radius 2 is 1.81 bits per heavy atom. The average Bonchev–Trinajstić information content (AvgIpc) is 3.00. The Balaban J connectivity index is 1.72. The number of methoxy groups -OCH3 is 1. The van der Waals surface area contributed by atoms with Gasteiger partial charge in [0.2, 0.25) is 17.8 Å². The second-order valence-electron chi connectivity index (χ2n) is 5.82. The van der Waals surface area contributed by atoms with E-state index >= 15 is 0 Å². The second kappa shape index (κ2) is 6.01. The number of hydrogen-bond acceptors (Lipinski definition) is 7. The summed E-state index contributed by atoms with van der Waals surface area (Å²) in [7, 11) is 3.61. The van der Waals surface area contributed by atoms with Crippen molar-refractivity contribution in [1.82, 2.24) is 15.0 Å². The van der Waals surface area contributed by atoms with Gasteiger partial charge in [-0.15, -0.1) is 0 Å². The summed E-state index contributed by atoms with van der Waals surface area (Å²) < 4.78 is 5.62. The molecule has 21 heavy (non-hydrogen) atoms. The van der Waals surface area contributed by atoms with Gasteiger partial charge in [0.25, 0.3) is 0 Å². The van der Waals surface area contributed by atoms with E-state index < -0.39 is 0 Å². The van der Waals surface area contributed by atoms with Crippen molar-refractivity contribution in [3.63, 3.8) is 0 Å². The molecular formula is C14H24N6O. The highest BCUT2D eigenvalue weighted by Gasteiger charge is 2.37. The van der Waals surface area contributed by atoms with Crippen LogP contribution in [0.1, 0.15) is 32.1 Å². The normalized spacial score (nSPS) is 20.2. The highest BCUT2D eigenvalue weighted by molar-refractivity contribution is 5.44. The fourth-order valence-electron chi connectivity index (χ4n) is 2.88. The first-order valence-corrected chi connectivity index (χ1v) is 7.72. The molecule has 1 saturated heterocycles. The smallest absolute Gasteiger partial charge is 0.231 e. The zero-order valence-corrected chi connectivity index (χ0v) is 12.9. The number of nitrogens with zero attached hydrogens (tertiary/aromatic N) is 4. The van der Waals surface area contributed by atoms with Gasteiger partial charge in [-0.3, -0.25) is 0 Å². The molecule has 116 valence electrons. The molecule has 0 unspecified atom stereocenters. The van der Waals surface area contributed by atoms with Gasteiger partial charge in [-0.05, 0) is 32.1 Å². The number of nitrogens with one attached hydrogen (secondary N) is 2. The van der Waals surface area contributed by atoms with Crippen molar-refractivity contribution in [2.45, 2.75) is 37.7 Å². The fourth-order valence-corrected chi connectivity index (χ4v) is 2.88. The Bertz CT molecular complexity index is 479. The van der Waals surface area contributed by atoms with Gasteiger partial charge in [0, 0.05) is 33.8 Å². The van der Waals surface area contributed by atoms with Gasteiger partial charge in [0.15, 0.2) is 0 Å². The molecule has 1 aromatic heterocycles. The maximum absolute atomic E-state index is 5.62. The first kappa shape index (κ1) is 14.3. The van der Waals surface area contributed by atoms with Crippen LogP contribution < -0.4 is 15.5 Å². The summed E-state index contributed by atoms with van der Waals surface area (Å²) in [5, 5.41) is 6.33. The number of anilines is 3. The lowest BCUT2D eigenvalue weighted by molar-refractivity contribution is -0.0602. The van der Waals surface area contributed by atoms with Crippen molar-refractivity contribution in [3.8, 4) is 0 Å². The lowest BCUT2D eigenvalue weighted by Crippen LogP contribution is -2.45. The molecule has 0 amide bonds. The summed E-state index contributed by atoms with van der Waals surface area (Å²) in [6, 6.07) is 0. The standard InChI is InChI=1S/C14H24N6O/c1-15-11-17-12(16-10-14(21-2)6-5-7-14)19-13(18-11)20-8-3-4-9-20/h3-10H2,1-2H3,(H2,15,16,17,18,19). The van der Waals surface area contributed by atoms with Crippen molar-refractivity contribution in [3.05, 3.63) is 0 Å². The monoisotopic (exact) mass is 292 g/mol. The molecule has 0 aromatic carbocycles. The van der Waals surface area contributed by atoms with Crippen LogP contribution >= 0.6 is 0 Å². The average molecular weight is 292 g/mol. The largest absolute Gasteiger partial charge is 0.376 e. The van der Waals surface area contributed by atoms with E-state index in [1.165, 1.54) is 19.3 Å². The molecule has 2 heterocycles. The van der Waals surface area contributed by atoms with Gasteiger partial charge in [0.05, 0.1) is 5.60 Å². The predicted octanol–water partition coefficient (Wildman–Crippen LogP) is 1.49. The number of ether oxygens (including phenoxy) is 1. The maximum Gasteiger partial charge on any atom is 0.231 e. The van der Waals surface area contributed by atoms with Crippen LogP contribution in [0.5, 0.6) is 0 Å². The van der Waals surface area contributed by atoms with Gasteiger partial charge >= 0.3 is 0 Å². The SMILES string of the molecule is CNc1nc(NCC2(OC)CCC2)nc(N2CCCC2)n1. The molecule has 0 spiro atoms. The van der Waals surface area contributed by atoms with Gasteiger partial charge in [0.1, 0.15) is 0 Å². The minimum atomic E-state index is -0.0414. The van der Waals surface area contributed by atoms with Crippen LogP contribution in [0.25, 0.3) is 0 Å². The van der Waals surface area contributed by atoms with Crippen molar-refractivity contribution < 1.29 is 4.74 Å². The number of rotatable bonds is 6. The molecule has 1 saturated carbocycles. The molecule has 1 aliphatic carbocycles. The molecule has 3 rings (SSSR count). The zero-order chi connectivity index (χ0) is 14.7. The third kappa shape index (κ3) is 3.02. The Labute approximate surface area is 125 Å². The first-order valence-electron chi connectivity index (χ1n) is 7.72. The summed E-state index contributed by atoms with van der Waals surface area (Å²) in [6.07, 6.45) is 5.83. The quantitative estimate of drug-likeness (QED) is 0.822. The zero-order valence-electron chi connectivity index (χ0n) is 12.9. The Hall–Kier alpha value is -1.63. The summed E-state index contributed by atoms with van der Waals surface area (Å²) in [5.41, 5.74) is -0.0414. The molecule has 0 atom stereocenters. The summed E-state index contributed by atoms with van der Waals surface area (Å²) in [6.45, 7) is 2.79. The van der Waals surface area contributed by atoms with Gasteiger partial charge < -0.3 is 20.3 Å². The second-order valence-corrected chi connectivity index (χ2v) is 5.82.